The summed E-state index contributed by atoms with van der Waals surface area (Å²) in [6.45, 7) is 3.42. The van der Waals surface area contributed by atoms with Gasteiger partial charge in [0.25, 0.3) is 0 Å². The smallest absolute Gasteiger partial charge is 0.0316 e. The van der Waals surface area contributed by atoms with Gasteiger partial charge in [-0.15, -0.1) is 0 Å². The normalized spacial score (nSPS) is 19.1. The van der Waals surface area contributed by atoms with Crippen LogP contribution in [0.3, 0.4) is 0 Å². The van der Waals surface area contributed by atoms with Gasteiger partial charge in [0, 0.05) is 11.2 Å². The summed E-state index contributed by atoms with van der Waals surface area (Å²) in [7, 11) is 0. The monoisotopic (exact) mass is 232 g/mol. The molecule has 1 aromatic rings. The zero-order valence-electron chi connectivity index (χ0n) is 10.8. The van der Waals surface area contributed by atoms with Crippen molar-refractivity contribution in [1.29, 1.82) is 0 Å². The molecule has 0 atom stereocenters. The number of nitrogens with two attached hydrogens (primary N) is 1. The van der Waals surface area contributed by atoms with Gasteiger partial charge in [0.15, 0.2) is 0 Å². The molecule has 0 amide bonds. The Bertz CT molecular complexity index is 354. The summed E-state index contributed by atoms with van der Waals surface area (Å²) in [6, 6.07) is 8.21. The van der Waals surface area contributed by atoms with E-state index in [9.17, 15) is 0 Å². The van der Waals surface area contributed by atoms with Crippen LogP contribution in [0.5, 0.6) is 0 Å². The summed E-state index contributed by atoms with van der Waals surface area (Å²) in [5.41, 5.74) is 8.35. The molecular formula is C15H24N2. The molecule has 0 aliphatic heterocycles. The molecule has 0 radical (unpaired) electrons. The molecule has 1 aliphatic carbocycles. The largest absolute Gasteiger partial charge is 0.399 e. The highest BCUT2D eigenvalue weighted by molar-refractivity contribution is 5.40. The lowest BCUT2D eigenvalue weighted by Crippen LogP contribution is -2.44. The molecule has 0 unspecified atom stereocenters. The number of nitrogen functional groups attached to an aromatic ring is 1. The van der Waals surface area contributed by atoms with Gasteiger partial charge in [-0.05, 0) is 50.4 Å². The van der Waals surface area contributed by atoms with E-state index in [2.05, 4.69) is 24.4 Å². The lowest BCUT2D eigenvalue weighted by Gasteiger charge is -2.34. The van der Waals surface area contributed by atoms with Crippen molar-refractivity contribution in [1.82, 2.24) is 5.32 Å². The molecule has 1 aromatic carbocycles. The van der Waals surface area contributed by atoms with E-state index in [1.807, 2.05) is 12.1 Å². The Kier molecular flexibility index (Phi) is 4.06. The second-order valence-electron chi connectivity index (χ2n) is 5.54. The van der Waals surface area contributed by atoms with Crippen molar-refractivity contribution >= 4 is 5.69 Å². The minimum absolute atomic E-state index is 0.374. The first-order valence-corrected chi connectivity index (χ1v) is 6.77. The Labute approximate surface area is 105 Å². The molecule has 0 heterocycles. The maximum atomic E-state index is 5.78. The number of hydrogen-bond acceptors (Lipinski definition) is 2. The molecule has 2 heteroatoms. The standard InChI is InChI=1S/C15H24N2/c1-15(9-3-2-4-10-15)17-11-8-13-6-5-7-14(16)12-13/h5-7,12,17H,2-4,8-11,16H2,1H3. The second kappa shape index (κ2) is 5.54. The number of rotatable bonds is 4. The van der Waals surface area contributed by atoms with Crippen LogP contribution in [0.15, 0.2) is 24.3 Å². The second-order valence-corrected chi connectivity index (χ2v) is 5.54. The molecule has 3 N–H and O–H groups in total. The third kappa shape index (κ3) is 3.74. The lowest BCUT2D eigenvalue weighted by atomic mass is 9.83. The van der Waals surface area contributed by atoms with E-state index >= 15 is 0 Å². The Morgan fingerprint density at radius 3 is 2.71 bits per heavy atom. The van der Waals surface area contributed by atoms with Gasteiger partial charge in [-0.25, -0.2) is 0 Å². The third-order valence-electron chi connectivity index (χ3n) is 3.87. The van der Waals surface area contributed by atoms with Gasteiger partial charge < -0.3 is 11.1 Å². The molecule has 1 saturated carbocycles. The summed E-state index contributed by atoms with van der Waals surface area (Å²) in [6.07, 6.45) is 7.88. The Hall–Kier alpha value is -1.02. The van der Waals surface area contributed by atoms with Crippen LogP contribution in [0.1, 0.15) is 44.6 Å². The van der Waals surface area contributed by atoms with Crippen LogP contribution in [0.2, 0.25) is 0 Å². The molecule has 1 aliphatic rings. The van der Waals surface area contributed by atoms with E-state index in [-0.39, 0.29) is 0 Å². The highest BCUT2D eigenvalue weighted by atomic mass is 15.0. The van der Waals surface area contributed by atoms with Crippen molar-refractivity contribution in [3.63, 3.8) is 0 Å². The highest BCUT2D eigenvalue weighted by Gasteiger charge is 2.25. The van der Waals surface area contributed by atoms with Gasteiger partial charge >= 0.3 is 0 Å². The molecule has 94 valence electrons. The molecule has 0 aromatic heterocycles. The third-order valence-corrected chi connectivity index (χ3v) is 3.87. The van der Waals surface area contributed by atoms with Crippen LogP contribution < -0.4 is 11.1 Å². The predicted octanol–water partition coefficient (Wildman–Crippen LogP) is 3.12. The Morgan fingerprint density at radius 1 is 1.24 bits per heavy atom. The number of hydrogen-bond donors (Lipinski definition) is 2. The van der Waals surface area contributed by atoms with Crippen LogP contribution in [0.25, 0.3) is 0 Å². The van der Waals surface area contributed by atoms with E-state index < -0.39 is 0 Å². The molecular weight excluding hydrogens is 208 g/mol. The summed E-state index contributed by atoms with van der Waals surface area (Å²) >= 11 is 0. The molecule has 1 fully saturated rings. The van der Waals surface area contributed by atoms with Crippen molar-refractivity contribution in [2.75, 3.05) is 12.3 Å². The van der Waals surface area contributed by atoms with Gasteiger partial charge in [-0.3, -0.25) is 0 Å². The summed E-state index contributed by atoms with van der Waals surface area (Å²) in [5.74, 6) is 0. The first kappa shape index (κ1) is 12.4. The van der Waals surface area contributed by atoms with E-state index in [1.165, 1.54) is 37.7 Å². The Balaban J connectivity index is 1.79. The predicted molar refractivity (Wildman–Crippen MR) is 74.1 cm³/mol. The van der Waals surface area contributed by atoms with Crippen LogP contribution in [0.4, 0.5) is 5.69 Å². The maximum absolute atomic E-state index is 5.78. The zero-order valence-corrected chi connectivity index (χ0v) is 10.8. The van der Waals surface area contributed by atoms with E-state index in [1.54, 1.807) is 0 Å². The van der Waals surface area contributed by atoms with Crippen molar-refractivity contribution < 1.29 is 0 Å². The van der Waals surface area contributed by atoms with Crippen molar-refractivity contribution in [3.05, 3.63) is 29.8 Å². The fraction of sp³-hybridized carbons (Fsp3) is 0.600. The first-order valence-electron chi connectivity index (χ1n) is 6.77. The van der Waals surface area contributed by atoms with Crippen LogP contribution in [-0.4, -0.2) is 12.1 Å². The molecule has 2 rings (SSSR count). The molecule has 17 heavy (non-hydrogen) atoms. The minimum Gasteiger partial charge on any atom is -0.399 e. The van der Waals surface area contributed by atoms with Gasteiger partial charge in [-0.1, -0.05) is 31.4 Å². The molecule has 2 nitrogen and oxygen atoms in total. The van der Waals surface area contributed by atoms with Gasteiger partial charge in [0.1, 0.15) is 0 Å². The van der Waals surface area contributed by atoms with Crippen LogP contribution >= 0.6 is 0 Å². The number of benzene rings is 1. The first-order chi connectivity index (χ1) is 8.18. The number of anilines is 1. The number of nitrogens with one attached hydrogen (secondary N) is 1. The summed E-state index contributed by atoms with van der Waals surface area (Å²) < 4.78 is 0. The maximum Gasteiger partial charge on any atom is 0.0316 e. The van der Waals surface area contributed by atoms with Crippen molar-refractivity contribution in [3.8, 4) is 0 Å². The van der Waals surface area contributed by atoms with Crippen LogP contribution in [-0.2, 0) is 6.42 Å². The SMILES string of the molecule is CC1(NCCc2cccc(N)c2)CCCCC1. The average molecular weight is 232 g/mol. The van der Waals surface area contributed by atoms with Gasteiger partial charge in [0.05, 0.1) is 0 Å². The van der Waals surface area contributed by atoms with E-state index in [0.717, 1.165) is 18.7 Å². The Morgan fingerprint density at radius 2 is 2.00 bits per heavy atom. The lowest BCUT2D eigenvalue weighted by molar-refractivity contribution is 0.256. The zero-order chi connectivity index (χ0) is 12.1. The average Bonchev–Trinajstić information content (AvgIpc) is 2.30. The van der Waals surface area contributed by atoms with Crippen LogP contribution in [0, 0.1) is 0 Å². The van der Waals surface area contributed by atoms with E-state index in [4.69, 9.17) is 5.73 Å². The fourth-order valence-electron chi connectivity index (χ4n) is 2.77. The van der Waals surface area contributed by atoms with Gasteiger partial charge in [0.2, 0.25) is 0 Å². The molecule has 0 saturated heterocycles. The van der Waals surface area contributed by atoms with Crippen molar-refractivity contribution in [2.24, 2.45) is 0 Å². The minimum atomic E-state index is 0.374. The molecule has 0 bridgehead atoms. The fourth-order valence-corrected chi connectivity index (χ4v) is 2.77. The highest BCUT2D eigenvalue weighted by Crippen LogP contribution is 2.27. The van der Waals surface area contributed by atoms with Crippen molar-refractivity contribution in [2.45, 2.75) is 51.0 Å². The summed E-state index contributed by atoms with van der Waals surface area (Å²) in [4.78, 5) is 0. The van der Waals surface area contributed by atoms with Gasteiger partial charge in [-0.2, -0.15) is 0 Å². The quantitative estimate of drug-likeness (QED) is 0.783. The topological polar surface area (TPSA) is 38.0 Å². The molecule has 0 spiro atoms. The summed E-state index contributed by atoms with van der Waals surface area (Å²) in [5, 5.41) is 3.73. The van der Waals surface area contributed by atoms with E-state index in [0.29, 0.717) is 5.54 Å².